The van der Waals surface area contributed by atoms with Gasteiger partial charge in [0.15, 0.2) is 0 Å². The molecule has 0 aliphatic heterocycles. The van der Waals surface area contributed by atoms with E-state index in [2.05, 4.69) is 22.8 Å². The molecule has 1 atom stereocenters. The number of amides is 2. The van der Waals surface area contributed by atoms with Gasteiger partial charge in [-0.05, 0) is 25.3 Å². The number of carbonyl (C=O) groups excluding carboxylic acids is 2. The number of hydrogen-bond acceptors (Lipinski definition) is 2. The van der Waals surface area contributed by atoms with Crippen LogP contribution in [0, 0.1) is 5.41 Å². The molecule has 0 saturated carbocycles. The molecule has 0 spiro atoms. The third kappa shape index (κ3) is 7.25. The molecule has 0 fully saturated rings. The zero-order valence-corrected chi connectivity index (χ0v) is 14.1. The Labute approximate surface area is 133 Å². The van der Waals surface area contributed by atoms with Gasteiger partial charge in [0.2, 0.25) is 11.8 Å². The largest absolute Gasteiger partial charge is 0.355 e. The normalized spacial score (nSPS) is 12.5. The predicted molar refractivity (Wildman–Crippen MR) is 89.4 cm³/mol. The quantitative estimate of drug-likeness (QED) is 0.813. The van der Waals surface area contributed by atoms with Gasteiger partial charge >= 0.3 is 0 Å². The lowest BCUT2D eigenvalue weighted by Gasteiger charge is -2.18. The second-order valence-corrected chi connectivity index (χ2v) is 6.75. The fourth-order valence-corrected chi connectivity index (χ4v) is 2.00. The summed E-state index contributed by atoms with van der Waals surface area (Å²) in [5.74, 6) is -0.0489. The zero-order chi connectivity index (χ0) is 16.6. The molecular formula is C18H28N2O2. The monoisotopic (exact) mass is 304 g/mol. The molecule has 0 radical (unpaired) electrons. The molecule has 1 aromatic carbocycles. The fourth-order valence-electron chi connectivity index (χ4n) is 2.00. The first kappa shape index (κ1) is 18.2. The second kappa shape index (κ2) is 8.57. The molecule has 2 amide bonds. The molecule has 22 heavy (non-hydrogen) atoms. The maximum absolute atomic E-state index is 11.8. The summed E-state index contributed by atoms with van der Waals surface area (Å²) in [6.07, 6.45) is 2.17. The molecule has 0 aliphatic rings. The Morgan fingerprint density at radius 3 is 2.36 bits per heavy atom. The van der Waals surface area contributed by atoms with Gasteiger partial charge in [-0.15, -0.1) is 0 Å². The van der Waals surface area contributed by atoms with E-state index in [-0.39, 0.29) is 17.9 Å². The highest BCUT2D eigenvalue weighted by Gasteiger charge is 2.20. The van der Waals surface area contributed by atoms with Crippen LogP contribution in [0.5, 0.6) is 0 Å². The first-order valence-electron chi connectivity index (χ1n) is 7.90. The highest BCUT2D eigenvalue weighted by molar-refractivity contribution is 5.82. The Bertz CT molecular complexity index is 478. The van der Waals surface area contributed by atoms with E-state index in [0.29, 0.717) is 13.0 Å². The van der Waals surface area contributed by atoms with Crippen molar-refractivity contribution in [3.8, 4) is 0 Å². The molecule has 4 heteroatoms. The summed E-state index contributed by atoms with van der Waals surface area (Å²) in [6, 6.07) is 10.4. The minimum absolute atomic E-state index is 0.0187. The smallest absolute Gasteiger partial charge is 0.225 e. The Hall–Kier alpha value is -1.84. The Morgan fingerprint density at radius 1 is 1.14 bits per heavy atom. The van der Waals surface area contributed by atoms with Crippen LogP contribution in [0.4, 0.5) is 0 Å². The zero-order valence-electron chi connectivity index (χ0n) is 14.1. The molecule has 0 aromatic heterocycles. The Balaban J connectivity index is 2.20. The summed E-state index contributed by atoms with van der Waals surface area (Å²) in [5.41, 5.74) is 0.862. The molecule has 1 aromatic rings. The van der Waals surface area contributed by atoms with Crippen LogP contribution in [0.15, 0.2) is 30.3 Å². The number of aryl methyl sites for hydroxylation is 1. The summed E-state index contributed by atoms with van der Waals surface area (Å²) < 4.78 is 0. The molecular weight excluding hydrogens is 276 g/mol. The standard InChI is InChI=1S/C18H28N2O2/c1-14(10-11-15-8-6-5-7-9-15)20-16(21)12-13-19-17(22)18(2,3)4/h5-9,14H,10-13H2,1-4H3,(H,19,22)(H,20,21). The van der Waals surface area contributed by atoms with E-state index >= 15 is 0 Å². The van der Waals surface area contributed by atoms with Crippen LogP contribution >= 0.6 is 0 Å². The molecule has 1 rings (SSSR count). The molecule has 4 nitrogen and oxygen atoms in total. The maximum atomic E-state index is 11.8. The lowest BCUT2D eigenvalue weighted by atomic mass is 9.96. The Kier molecular flexibility index (Phi) is 7.09. The molecule has 0 saturated heterocycles. The fraction of sp³-hybridized carbons (Fsp3) is 0.556. The average Bonchev–Trinajstić information content (AvgIpc) is 2.45. The summed E-state index contributed by atoms with van der Waals surface area (Å²) in [4.78, 5) is 23.5. The minimum atomic E-state index is -0.417. The number of carbonyl (C=O) groups is 2. The van der Waals surface area contributed by atoms with E-state index in [0.717, 1.165) is 12.8 Å². The van der Waals surface area contributed by atoms with E-state index in [1.54, 1.807) is 0 Å². The van der Waals surface area contributed by atoms with Gasteiger partial charge in [-0.2, -0.15) is 0 Å². The lowest BCUT2D eigenvalue weighted by Crippen LogP contribution is -2.39. The average molecular weight is 304 g/mol. The van der Waals surface area contributed by atoms with Crippen LogP contribution in [0.1, 0.15) is 46.1 Å². The van der Waals surface area contributed by atoms with Gasteiger partial charge in [0.05, 0.1) is 0 Å². The van der Waals surface area contributed by atoms with Gasteiger partial charge in [0.25, 0.3) is 0 Å². The van der Waals surface area contributed by atoms with Gasteiger partial charge in [-0.3, -0.25) is 9.59 Å². The van der Waals surface area contributed by atoms with Crippen molar-refractivity contribution in [2.24, 2.45) is 5.41 Å². The van der Waals surface area contributed by atoms with Crippen LogP contribution in [0.3, 0.4) is 0 Å². The van der Waals surface area contributed by atoms with E-state index in [1.165, 1.54) is 5.56 Å². The number of hydrogen-bond donors (Lipinski definition) is 2. The van der Waals surface area contributed by atoms with Crippen molar-refractivity contribution < 1.29 is 9.59 Å². The molecule has 0 bridgehead atoms. The molecule has 122 valence electrons. The Morgan fingerprint density at radius 2 is 1.77 bits per heavy atom. The van der Waals surface area contributed by atoms with Gasteiger partial charge in [0, 0.05) is 24.4 Å². The predicted octanol–water partition coefficient (Wildman–Crippen LogP) is 2.68. The molecule has 0 heterocycles. The van der Waals surface area contributed by atoms with Crippen molar-refractivity contribution in [3.05, 3.63) is 35.9 Å². The van der Waals surface area contributed by atoms with Gasteiger partial charge < -0.3 is 10.6 Å². The summed E-state index contributed by atoms with van der Waals surface area (Å²) in [5, 5.41) is 5.76. The molecule has 0 aliphatic carbocycles. The summed E-state index contributed by atoms with van der Waals surface area (Å²) in [6.45, 7) is 7.96. The van der Waals surface area contributed by atoms with Crippen LogP contribution in [-0.4, -0.2) is 24.4 Å². The van der Waals surface area contributed by atoms with E-state index in [1.807, 2.05) is 45.9 Å². The highest BCUT2D eigenvalue weighted by atomic mass is 16.2. The van der Waals surface area contributed by atoms with Crippen LogP contribution in [0.2, 0.25) is 0 Å². The van der Waals surface area contributed by atoms with E-state index in [4.69, 9.17) is 0 Å². The first-order valence-corrected chi connectivity index (χ1v) is 7.90. The second-order valence-electron chi connectivity index (χ2n) is 6.75. The van der Waals surface area contributed by atoms with Crippen LogP contribution in [0.25, 0.3) is 0 Å². The molecule has 2 N–H and O–H groups in total. The minimum Gasteiger partial charge on any atom is -0.355 e. The van der Waals surface area contributed by atoms with Crippen molar-refractivity contribution in [1.29, 1.82) is 0 Å². The van der Waals surface area contributed by atoms with Crippen molar-refractivity contribution in [3.63, 3.8) is 0 Å². The number of rotatable bonds is 7. The SMILES string of the molecule is CC(CCc1ccccc1)NC(=O)CCNC(=O)C(C)(C)C. The topological polar surface area (TPSA) is 58.2 Å². The third-order valence-corrected chi connectivity index (χ3v) is 3.44. The van der Waals surface area contributed by atoms with Crippen molar-refractivity contribution in [2.75, 3.05) is 6.54 Å². The van der Waals surface area contributed by atoms with E-state index in [9.17, 15) is 9.59 Å². The van der Waals surface area contributed by atoms with Crippen molar-refractivity contribution in [2.45, 2.75) is 53.0 Å². The first-order chi connectivity index (χ1) is 10.3. The summed E-state index contributed by atoms with van der Waals surface area (Å²) in [7, 11) is 0. The maximum Gasteiger partial charge on any atom is 0.225 e. The molecule has 1 unspecified atom stereocenters. The lowest BCUT2D eigenvalue weighted by molar-refractivity contribution is -0.128. The van der Waals surface area contributed by atoms with E-state index < -0.39 is 5.41 Å². The van der Waals surface area contributed by atoms with Crippen molar-refractivity contribution >= 4 is 11.8 Å². The van der Waals surface area contributed by atoms with Crippen LogP contribution < -0.4 is 10.6 Å². The number of nitrogens with one attached hydrogen (secondary N) is 2. The number of benzene rings is 1. The van der Waals surface area contributed by atoms with Crippen molar-refractivity contribution in [1.82, 2.24) is 10.6 Å². The van der Waals surface area contributed by atoms with Gasteiger partial charge in [-0.1, -0.05) is 51.1 Å². The summed E-state index contributed by atoms with van der Waals surface area (Å²) >= 11 is 0. The van der Waals surface area contributed by atoms with Gasteiger partial charge in [-0.25, -0.2) is 0 Å². The third-order valence-electron chi connectivity index (χ3n) is 3.44. The van der Waals surface area contributed by atoms with Crippen LogP contribution in [-0.2, 0) is 16.0 Å². The van der Waals surface area contributed by atoms with Gasteiger partial charge in [0.1, 0.15) is 0 Å². The highest BCUT2D eigenvalue weighted by Crippen LogP contribution is 2.12.